The number of aryl methyl sites for hydroxylation is 1. The Balaban J connectivity index is 2.42. The lowest BCUT2D eigenvalue weighted by atomic mass is 10.1. The van der Waals surface area contributed by atoms with Crippen LogP contribution in [0.3, 0.4) is 0 Å². The molecule has 0 fully saturated rings. The van der Waals surface area contributed by atoms with Gasteiger partial charge in [0.25, 0.3) is 0 Å². The smallest absolute Gasteiger partial charge is 0.166 e. The summed E-state index contributed by atoms with van der Waals surface area (Å²) < 4.78 is 19.3. The predicted octanol–water partition coefficient (Wildman–Crippen LogP) is 4.71. The van der Waals surface area contributed by atoms with Crippen LogP contribution in [0.25, 0.3) is 0 Å². The van der Waals surface area contributed by atoms with Crippen LogP contribution in [0.1, 0.15) is 18.1 Å². The van der Waals surface area contributed by atoms with Crippen LogP contribution in [-0.2, 0) is 6.42 Å². The molecule has 0 heterocycles. The first-order valence-electron chi connectivity index (χ1n) is 5.80. The van der Waals surface area contributed by atoms with E-state index in [1.165, 1.54) is 18.2 Å². The van der Waals surface area contributed by atoms with Gasteiger partial charge in [-0.25, -0.2) is 4.39 Å². The summed E-state index contributed by atoms with van der Waals surface area (Å²) in [4.78, 5) is 0. The van der Waals surface area contributed by atoms with Gasteiger partial charge in [0.15, 0.2) is 11.6 Å². The molecule has 0 radical (unpaired) electrons. The van der Waals surface area contributed by atoms with Gasteiger partial charge in [0.05, 0.1) is 11.6 Å². The predicted molar refractivity (Wildman–Crippen MR) is 72.0 cm³/mol. The van der Waals surface area contributed by atoms with Gasteiger partial charge < -0.3 is 4.74 Å². The summed E-state index contributed by atoms with van der Waals surface area (Å²) in [7, 11) is 0. The van der Waals surface area contributed by atoms with Gasteiger partial charge in [-0.3, -0.25) is 0 Å². The monoisotopic (exact) mass is 275 g/mol. The minimum Gasteiger partial charge on any atom is -0.454 e. The number of ether oxygens (including phenoxy) is 1. The molecule has 0 atom stereocenters. The highest BCUT2D eigenvalue weighted by Crippen LogP contribution is 2.30. The molecule has 0 saturated carbocycles. The SMILES string of the molecule is CCc1cccc(F)c1Oc1cc(Cl)cc(C#N)c1. The maximum absolute atomic E-state index is 13.8. The van der Waals surface area contributed by atoms with Gasteiger partial charge in [-0.15, -0.1) is 0 Å². The molecule has 0 aromatic heterocycles. The lowest BCUT2D eigenvalue weighted by molar-refractivity contribution is 0.436. The summed E-state index contributed by atoms with van der Waals surface area (Å²) in [5.41, 5.74) is 1.13. The number of benzene rings is 2. The zero-order valence-corrected chi connectivity index (χ0v) is 11.0. The second-order valence-corrected chi connectivity index (χ2v) is 4.41. The van der Waals surface area contributed by atoms with Crippen LogP contribution in [0.4, 0.5) is 4.39 Å². The van der Waals surface area contributed by atoms with Crippen molar-refractivity contribution in [2.24, 2.45) is 0 Å². The van der Waals surface area contributed by atoms with Crippen molar-refractivity contribution in [3.8, 4) is 17.6 Å². The van der Waals surface area contributed by atoms with Crippen molar-refractivity contribution in [2.45, 2.75) is 13.3 Å². The van der Waals surface area contributed by atoms with E-state index in [4.69, 9.17) is 21.6 Å². The normalized spacial score (nSPS) is 10.0. The molecule has 0 saturated heterocycles. The number of halogens is 2. The second-order valence-electron chi connectivity index (χ2n) is 3.97. The molecule has 0 unspecified atom stereocenters. The van der Waals surface area contributed by atoms with Gasteiger partial charge in [-0.1, -0.05) is 30.7 Å². The van der Waals surface area contributed by atoms with Crippen LogP contribution in [0.2, 0.25) is 5.02 Å². The van der Waals surface area contributed by atoms with Crippen LogP contribution in [-0.4, -0.2) is 0 Å². The molecule has 0 aliphatic rings. The number of hydrogen-bond acceptors (Lipinski definition) is 2. The molecule has 0 bridgehead atoms. The average molecular weight is 276 g/mol. The molecule has 2 rings (SSSR count). The Labute approximate surface area is 116 Å². The fraction of sp³-hybridized carbons (Fsp3) is 0.133. The zero-order chi connectivity index (χ0) is 13.8. The Bertz CT molecular complexity index is 649. The van der Waals surface area contributed by atoms with Crippen molar-refractivity contribution < 1.29 is 9.13 Å². The van der Waals surface area contributed by atoms with E-state index in [1.807, 2.05) is 13.0 Å². The number of para-hydroxylation sites is 1. The Morgan fingerprint density at radius 2 is 2.11 bits per heavy atom. The lowest BCUT2D eigenvalue weighted by Gasteiger charge is -2.11. The van der Waals surface area contributed by atoms with Crippen molar-refractivity contribution in [1.82, 2.24) is 0 Å². The van der Waals surface area contributed by atoms with Gasteiger partial charge in [0, 0.05) is 5.02 Å². The summed E-state index contributed by atoms with van der Waals surface area (Å²) in [6.45, 7) is 1.92. The first kappa shape index (κ1) is 13.4. The third kappa shape index (κ3) is 3.04. The first-order chi connectivity index (χ1) is 9.13. The van der Waals surface area contributed by atoms with E-state index in [2.05, 4.69) is 0 Å². The standard InChI is InChI=1S/C15H11ClFNO/c1-2-11-4-3-5-14(17)15(11)19-13-7-10(9-18)6-12(16)8-13/h3-8H,2H2,1H3. The molecule has 96 valence electrons. The third-order valence-corrected chi connectivity index (χ3v) is 2.87. The van der Waals surface area contributed by atoms with E-state index < -0.39 is 5.82 Å². The summed E-state index contributed by atoms with van der Waals surface area (Å²) in [6, 6.07) is 11.4. The Morgan fingerprint density at radius 1 is 1.32 bits per heavy atom. The van der Waals surface area contributed by atoms with Crippen LogP contribution in [0.15, 0.2) is 36.4 Å². The molecule has 0 aliphatic heterocycles. The van der Waals surface area contributed by atoms with Gasteiger partial charge in [0.1, 0.15) is 5.75 Å². The summed E-state index contributed by atoms with van der Waals surface area (Å²) >= 11 is 5.88. The number of nitrogens with zero attached hydrogens (tertiary/aromatic N) is 1. The largest absolute Gasteiger partial charge is 0.454 e. The van der Waals surface area contributed by atoms with Gasteiger partial charge in [0.2, 0.25) is 0 Å². The molecule has 4 heteroatoms. The summed E-state index contributed by atoms with van der Waals surface area (Å²) in [6.07, 6.45) is 0.652. The van der Waals surface area contributed by atoms with Crippen LogP contribution < -0.4 is 4.74 Å². The fourth-order valence-electron chi connectivity index (χ4n) is 1.75. The highest BCUT2D eigenvalue weighted by molar-refractivity contribution is 6.30. The molecule has 0 spiro atoms. The highest BCUT2D eigenvalue weighted by atomic mass is 35.5. The molecule has 2 nitrogen and oxygen atoms in total. The van der Waals surface area contributed by atoms with Crippen molar-refractivity contribution >= 4 is 11.6 Å². The molecule has 19 heavy (non-hydrogen) atoms. The fourth-order valence-corrected chi connectivity index (χ4v) is 1.98. The molecule has 0 N–H and O–H groups in total. The summed E-state index contributed by atoms with van der Waals surface area (Å²) in [5, 5.41) is 9.25. The number of rotatable bonds is 3. The molecule has 0 aliphatic carbocycles. The highest BCUT2D eigenvalue weighted by Gasteiger charge is 2.10. The first-order valence-corrected chi connectivity index (χ1v) is 6.17. The maximum atomic E-state index is 13.8. The third-order valence-electron chi connectivity index (χ3n) is 2.65. The Morgan fingerprint density at radius 3 is 2.79 bits per heavy atom. The maximum Gasteiger partial charge on any atom is 0.166 e. The molecule has 0 amide bonds. The number of hydrogen-bond donors (Lipinski definition) is 0. The second kappa shape index (κ2) is 5.73. The molecule has 2 aromatic carbocycles. The van der Waals surface area contributed by atoms with E-state index in [9.17, 15) is 4.39 Å². The quantitative estimate of drug-likeness (QED) is 0.813. The molecular weight excluding hydrogens is 265 g/mol. The van der Waals surface area contributed by atoms with Gasteiger partial charge >= 0.3 is 0 Å². The van der Waals surface area contributed by atoms with Crippen LogP contribution in [0, 0.1) is 17.1 Å². The van der Waals surface area contributed by atoms with Crippen LogP contribution >= 0.6 is 11.6 Å². The average Bonchev–Trinajstić information content (AvgIpc) is 2.40. The van der Waals surface area contributed by atoms with Crippen molar-refractivity contribution in [3.63, 3.8) is 0 Å². The van der Waals surface area contributed by atoms with Crippen LogP contribution in [0.5, 0.6) is 11.5 Å². The lowest BCUT2D eigenvalue weighted by Crippen LogP contribution is -1.94. The Kier molecular flexibility index (Phi) is 4.03. The van der Waals surface area contributed by atoms with E-state index in [-0.39, 0.29) is 5.75 Å². The molecular formula is C15H11ClFNO. The Hall–Kier alpha value is -2.05. The van der Waals surface area contributed by atoms with Gasteiger partial charge in [-0.2, -0.15) is 5.26 Å². The van der Waals surface area contributed by atoms with Crippen molar-refractivity contribution in [3.05, 3.63) is 58.4 Å². The van der Waals surface area contributed by atoms with E-state index in [0.29, 0.717) is 22.8 Å². The number of nitriles is 1. The molecule has 2 aromatic rings. The minimum atomic E-state index is -0.433. The summed E-state index contributed by atoms with van der Waals surface area (Å²) in [5.74, 6) is 0.0952. The van der Waals surface area contributed by atoms with E-state index in [1.54, 1.807) is 18.2 Å². The van der Waals surface area contributed by atoms with Crippen molar-refractivity contribution in [2.75, 3.05) is 0 Å². The van der Waals surface area contributed by atoms with Crippen molar-refractivity contribution in [1.29, 1.82) is 5.26 Å². The van der Waals surface area contributed by atoms with Gasteiger partial charge in [-0.05, 0) is 36.2 Å². The van der Waals surface area contributed by atoms with E-state index in [0.717, 1.165) is 5.56 Å². The zero-order valence-electron chi connectivity index (χ0n) is 10.3. The minimum absolute atomic E-state index is 0.177. The van der Waals surface area contributed by atoms with E-state index >= 15 is 0 Å². The topological polar surface area (TPSA) is 33.0 Å².